The van der Waals surface area contributed by atoms with E-state index in [1.54, 1.807) is 6.07 Å². The van der Waals surface area contributed by atoms with Crippen molar-refractivity contribution in [3.05, 3.63) is 28.8 Å². The van der Waals surface area contributed by atoms with Gasteiger partial charge in [0, 0.05) is 23.7 Å². The van der Waals surface area contributed by atoms with Crippen molar-refractivity contribution in [1.82, 2.24) is 4.90 Å². The van der Waals surface area contributed by atoms with Gasteiger partial charge in [-0.3, -0.25) is 4.79 Å². The number of carbonyl (C=O) groups is 1. The van der Waals surface area contributed by atoms with Gasteiger partial charge < -0.3 is 15.4 Å². The zero-order valence-electron chi connectivity index (χ0n) is 11.1. The van der Waals surface area contributed by atoms with E-state index >= 15 is 0 Å². The van der Waals surface area contributed by atoms with Crippen LogP contribution >= 0.6 is 11.6 Å². The molecule has 1 aromatic carbocycles. The Labute approximate surface area is 118 Å². The maximum atomic E-state index is 12.0. The molecule has 1 aromatic rings. The van der Waals surface area contributed by atoms with E-state index in [0.717, 1.165) is 25.1 Å². The van der Waals surface area contributed by atoms with Crippen LogP contribution in [0.4, 0.5) is 0 Å². The second-order valence-corrected chi connectivity index (χ2v) is 5.29. The van der Waals surface area contributed by atoms with Gasteiger partial charge >= 0.3 is 0 Å². The molecule has 4 nitrogen and oxygen atoms in total. The molecule has 0 aromatic heterocycles. The molecule has 2 N–H and O–H groups in total. The predicted molar refractivity (Wildman–Crippen MR) is 75.4 cm³/mol. The normalized spacial score (nSPS) is 18.7. The first-order valence-corrected chi connectivity index (χ1v) is 6.85. The third-order valence-corrected chi connectivity index (χ3v) is 3.95. The molecule has 1 amide bonds. The average molecular weight is 283 g/mol. The zero-order valence-corrected chi connectivity index (χ0v) is 11.8. The summed E-state index contributed by atoms with van der Waals surface area (Å²) >= 11 is 6.00. The molecular weight excluding hydrogens is 264 g/mol. The highest BCUT2D eigenvalue weighted by Crippen LogP contribution is 2.25. The highest BCUT2D eigenvalue weighted by Gasteiger charge is 2.25. The van der Waals surface area contributed by atoms with Crippen LogP contribution in [-0.2, 0) is 4.79 Å². The lowest BCUT2D eigenvalue weighted by molar-refractivity contribution is -0.132. The van der Waals surface area contributed by atoms with Crippen LogP contribution in [0.15, 0.2) is 18.2 Å². The second-order valence-electron chi connectivity index (χ2n) is 4.88. The summed E-state index contributed by atoms with van der Waals surface area (Å²) in [6.45, 7) is 4.09. The van der Waals surface area contributed by atoms with Crippen molar-refractivity contribution in [2.75, 3.05) is 26.2 Å². The Balaban J connectivity index is 1.89. The third-order valence-electron chi connectivity index (χ3n) is 3.54. The average Bonchev–Trinajstić information content (AvgIpc) is 2.89. The number of hydrogen-bond donors (Lipinski definition) is 1. The predicted octanol–water partition coefficient (Wildman–Crippen LogP) is 1.83. The fourth-order valence-electron chi connectivity index (χ4n) is 2.23. The zero-order chi connectivity index (χ0) is 13.8. The molecule has 1 heterocycles. The van der Waals surface area contributed by atoms with Gasteiger partial charge in [0.25, 0.3) is 5.91 Å². The van der Waals surface area contributed by atoms with Crippen LogP contribution in [0.5, 0.6) is 5.75 Å². The quantitative estimate of drug-likeness (QED) is 0.917. The largest absolute Gasteiger partial charge is 0.483 e. The van der Waals surface area contributed by atoms with Gasteiger partial charge in [0.2, 0.25) is 0 Å². The lowest BCUT2D eigenvalue weighted by Gasteiger charge is -2.17. The van der Waals surface area contributed by atoms with Crippen LogP contribution in [0.3, 0.4) is 0 Å². The lowest BCUT2D eigenvalue weighted by Crippen LogP contribution is -2.33. The number of amides is 1. The SMILES string of the molecule is Cc1c(Cl)cccc1OCC(=O)N1CCC(CN)C1. The molecule has 1 aliphatic rings. The van der Waals surface area contributed by atoms with Gasteiger partial charge in [-0.05, 0) is 37.9 Å². The van der Waals surface area contributed by atoms with Crippen LogP contribution < -0.4 is 10.5 Å². The molecule has 1 fully saturated rings. The number of ether oxygens (including phenoxy) is 1. The molecule has 0 saturated carbocycles. The topological polar surface area (TPSA) is 55.6 Å². The van der Waals surface area contributed by atoms with Crippen LogP contribution in [0.2, 0.25) is 5.02 Å². The Hall–Kier alpha value is -1.26. The summed E-state index contributed by atoms with van der Waals surface area (Å²) in [6.07, 6.45) is 0.985. The van der Waals surface area contributed by atoms with E-state index in [9.17, 15) is 4.79 Å². The minimum Gasteiger partial charge on any atom is -0.483 e. The molecule has 19 heavy (non-hydrogen) atoms. The summed E-state index contributed by atoms with van der Waals surface area (Å²) in [5.41, 5.74) is 6.47. The molecule has 1 atom stereocenters. The molecule has 1 saturated heterocycles. The van der Waals surface area contributed by atoms with Gasteiger partial charge in [-0.2, -0.15) is 0 Å². The van der Waals surface area contributed by atoms with Crippen molar-refractivity contribution in [3.63, 3.8) is 0 Å². The Morgan fingerprint density at radius 2 is 2.37 bits per heavy atom. The van der Waals surface area contributed by atoms with Gasteiger partial charge in [-0.15, -0.1) is 0 Å². The highest BCUT2D eigenvalue weighted by atomic mass is 35.5. The number of nitrogens with two attached hydrogens (primary N) is 1. The summed E-state index contributed by atoms with van der Waals surface area (Å²) in [5.74, 6) is 1.10. The minimum absolute atomic E-state index is 0.00956. The number of likely N-dealkylation sites (tertiary alicyclic amines) is 1. The van der Waals surface area contributed by atoms with E-state index < -0.39 is 0 Å². The lowest BCUT2D eigenvalue weighted by atomic mass is 10.1. The van der Waals surface area contributed by atoms with E-state index in [2.05, 4.69) is 0 Å². The smallest absolute Gasteiger partial charge is 0.260 e. The fourth-order valence-corrected chi connectivity index (χ4v) is 2.39. The molecule has 0 radical (unpaired) electrons. The maximum Gasteiger partial charge on any atom is 0.260 e. The number of carbonyl (C=O) groups excluding carboxylic acids is 1. The van der Waals surface area contributed by atoms with Crippen LogP contribution in [-0.4, -0.2) is 37.0 Å². The summed E-state index contributed by atoms with van der Waals surface area (Å²) < 4.78 is 5.55. The third kappa shape index (κ3) is 3.39. The van der Waals surface area contributed by atoms with Crippen molar-refractivity contribution >= 4 is 17.5 Å². The van der Waals surface area contributed by atoms with Crippen molar-refractivity contribution in [3.8, 4) is 5.75 Å². The van der Waals surface area contributed by atoms with Crippen molar-refractivity contribution in [2.45, 2.75) is 13.3 Å². The van der Waals surface area contributed by atoms with E-state index in [-0.39, 0.29) is 12.5 Å². The first-order valence-electron chi connectivity index (χ1n) is 6.47. The number of nitrogens with zero attached hydrogens (tertiary/aromatic N) is 1. The van der Waals surface area contributed by atoms with Gasteiger partial charge in [0.1, 0.15) is 5.75 Å². The molecular formula is C14H19ClN2O2. The molecule has 0 spiro atoms. The molecule has 1 unspecified atom stereocenters. The van der Waals surface area contributed by atoms with E-state index in [1.807, 2.05) is 24.0 Å². The molecule has 0 aliphatic carbocycles. The summed E-state index contributed by atoms with van der Waals surface area (Å²) in [5, 5.41) is 0.648. The summed E-state index contributed by atoms with van der Waals surface area (Å²) in [7, 11) is 0. The monoisotopic (exact) mass is 282 g/mol. The fraction of sp³-hybridized carbons (Fsp3) is 0.500. The van der Waals surface area contributed by atoms with E-state index in [1.165, 1.54) is 0 Å². The number of halogens is 1. The number of benzene rings is 1. The van der Waals surface area contributed by atoms with Gasteiger partial charge in [-0.25, -0.2) is 0 Å². The van der Waals surface area contributed by atoms with Crippen LogP contribution in [0.1, 0.15) is 12.0 Å². The summed E-state index contributed by atoms with van der Waals surface area (Å²) in [6, 6.07) is 5.44. The number of rotatable bonds is 4. The standard InChI is InChI=1S/C14H19ClN2O2/c1-10-12(15)3-2-4-13(10)19-9-14(18)17-6-5-11(7-16)8-17/h2-4,11H,5-9,16H2,1H3. The second kappa shape index (κ2) is 6.26. The van der Waals surface area contributed by atoms with E-state index in [4.69, 9.17) is 22.1 Å². The molecule has 5 heteroatoms. The van der Waals surface area contributed by atoms with Gasteiger partial charge in [-0.1, -0.05) is 17.7 Å². The van der Waals surface area contributed by atoms with Crippen molar-refractivity contribution in [1.29, 1.82) is 0 Å². The molecule has 0 bridgehead atoms. The highest BCUT2D eigenvalue weighted by molar-refractivity contribution is 6.31. The maximum absolute atomic E-state index is 12.0. The Bertz CT molecular complexity index is 465. The summed E-state index contributed by atoms with van der Waals surface area (Å²) in [4.78, 5) is 13.8. The Morgan fingerprint density at radius 1 is 1.58 bits per heavy atom. The minimum atomic E-state index is 0.00956. The van der Waals surface area contributed by atoms with Crippen molar-refractivity contribution < 1.29 is 9.53 Å². The van der Waals surface area contributed by atoms with Crippen molar-refractivity contribution in [2.24, 2.45) is 11.7 Å². The first kappa shape index (κ1) is 14.2. The first-order chi connectivity index (χ1) is 9.11. The van der Waals surface area contributed by atoms with Gasteiger partial charge in [0.05, 0.1) is 0 Å². The Kier molecular flexibility index (Phi) is 4.66. The molecule has 104 valence electrons. The van der Waals surface area contributed by atoms with E-state index in [0.29, 0.717) is 23.2 Å². The Morgan fingerprint density at radius 3 is 3.05 bits per heavy atom. The van der Waals surface area contributed by atoms with Crippen LogP contribution in [0, 0.1) is 12.8 Å². The van der Waals surface area contributed by atoms with Gasteiger partial charge in [0.15, 0.2) is 6.61 Å². The molecule has 1 aliphatic heterocycles. The number of hydrogen-bond acceptors (Lipinski definition) is 3. The van der Waals surface area contributed by atoms with Crippen LogP contribution in [0.25, 0.3) is 0 Å². The molecule has 2 rings (SSSR count).